The number of halogens is 1. The van der Waals surface area contributed by atoms with E-state index in [0.717, 1.165) is 22.5 Å². The second-order valence-electron chi connectivity index (χ2n) is 5.41. The zero-order chi connectivity index (χ0) is 18.6. The molecule has 2 aromatic rings. The number of carbonyl (C=O) groups excluding carboxylic acids is 1. The minimum atomic E-state index is -3.70. The third kappa shape index (κ3) is 5.13. The van der Waals surface area contributed by atoms with Crippen molar-refractivity contribution in [1.29, 1.82) is 0 Å². The van der Waals surface area contributed by atoms with Crippen molar-refractivity contribution in [3.63, 3.8) is 0 Å². The SMILES string of the molecule is CCn1ncc(/C(C)=N\NC(=O)CS(=O)(=O)Cn2cc(Cl)cn2)c1C. The van der Waals surface area contributed by atoms with E-state index in [1.807, 2.05) is 13.8 Å². The maximum absolute atomic E-state index is 12.0. The molecule has 1 N–H and O–H groups in total. The van der Waals surface area contributed by atoms with Crippen LogP contribution in [-0.2, 0) is 27.1 Å². The van der Waals surface area contributed by atoms with Gasteiger partial charge in [-0.1, -0.05) is 11.6 Å². The molecule has 0 aliphatic carbocycles. The molecule has 0 aromatic carbocycles. The van der Waals surface area contributed by atoms with E-state index < -0.39 is 27.4 Å². The molecule has 0 unspecified atom stereocenters. The first-order valence-corrected chi connectivity index (χ1v) is 9.66. The van der Waals surface area contributed by atoms with Crippen LogP contribution in [-0.4, -0.2) is 45.4 Å². The average molecular weight is 387 g/mol. The molecule has 136 valence electrons. The van der Waals surface area contributed by atoms with Crippen molar-refractivity contribution in [2.75, 3.05) is 5.75 Å². The second-order valence-corrected chi connectivity index (χ2v) is 7.88. The fourth-order valence-electron chi connectivity index (χ4n) is 2.22. The van der Waals surface area contributed by atoms with Gasteiger partial charge < -0.3 is 0 Å². The van der Waals surface area contributed by atoms with Gasteiger partial charge in [-0.2, -0.15) is 15.3 Å². The Balaban J connectivity index is 1.98. The molecule has 0 fully saturated rings. The Hall–Kier alpha value is -2.20. The van der Waals surface area contributed by atoms with Crippen LogP contribution in [0.2, 0.25) is 5.02 Å². The fraction of sp³-hybridized carbons (Fsp3) is 0.429. The molecule has 0 spiro atoms. The maximum Gasteiger partial charge on any atom is 0.255 e. The number of nitrogens with one attached hydrogen (secondary N) is 1. The third-order valence-corrected chi connectivity index (χ3v) is 4.98. The molecular weight excluding hydrogens is 368 g/mol. The first kappa shape index (κ1) is 19.1. The van der Waals surface area contributed by atoms with E-state index in [0.29, 0.717) is 10.7 Å². The highest BCUT2D eigenvalue weighted by atomic mass is 35.5. The van der Waals surface area contributed by atoms with E-state index in [4.69, 9.17) is 11.6 Å². The number of amides is 1. The normalized spacial score (nSPS) is 12.4. The van der Waals surface area contributed by atoms with E-state index in [-0.39, 0.29) is 0 Å². The predicted molar refractivity (Wildman–Crippen MR) is 94.0 cm³/mol. The molecule has 0 saturated heterocycles. The van der Waals surface area contributed by atoms with Gasteiger partial charge in [0.25, 0.3) is 5.91 Å². The Labute approximate surface area is 150 Å². The predicted octanol–water partition coefficient (Wildman–Crippen LogP) is 0.974. The van der Waals surface area contributed by atoms with Gasteiger partial charge in [-0.3, -0.25) is 14.2 Å². The molecule has 2 rings (SSSR count). The largest absolute Gasteiger partial charge is 0.272 e. The van der Waals surface area contributed by atoms with Gasteiger partial charge in [0.1, 0.15) is 11.6 Å². The van der Waals surface area contributed by atoms with Gasteiger partial charge in [-0.25, -0.2) is 13.8 Å². The number of hydrogen-bond acceptors (Lipinski definition) is 6. The first-order valence-electron chi connectivity index (χ1n) is 7.46. The fourth-order valence-corrected chi connectivity index (χ4v) is 3.47. The summed E-state index contributed by atoms with van der Waals surface area (Å²) in [6, 6.07) is 0. The number of hydrogen-bond donors (Lipinski definition) is 1. The molecule has 0 bridgehead atoms. The van der Waals surface area contributed by atoms with Crippen molar-refractivity contribution in [2.45, 2.75) is 33.2 Å². The molecule has 2 heterocycles. The number of rotatable bonds is 7. The lowest BCUT2D eigenvalue weighted by atomic mass is 10.2. The third-order valence-electron chi connectivity index (χ3n) is 3.42. The lowest BCUT2D eigenvalue weighted by molar-refractivity contribution is -0.118. The quantitative estimate of drug-likeness (QED) is 0.563. The van der Waals surface area contributed by atoms with Gasteiger partial charge in [0.2, 0.25) is 0 Å². The molecule has 25 heavy (non-hydrogen) atoms. The Morgan fingerprint density at radius 2 is 2.08 bits per heavy atom. The van der Waals surface area contributed by atoms with Crippen molar-refractivity contribution in [1.82, 2.24) is 25.0 Å². The summed E-state index contributed by atoms with van der Waals surface area (Å²) in [6.45, 7) is 6.30. The summed E-state index contributed by atoms with van der Waals surface area (Å²) < 4.78 is 27.0. The number of carbonyl (C=O) groups is 1. The highest BCUT2D eigenvalue weighted by Gasteiger charge is 2.18. The van der Waals surface area contributed by atoms with E-state index in [9.17, 15) is 13.2 Å². The van der Waals surface area contributed by atoms with Crippen LogP contribution in [0.15, 0.2) is 23.7 Å². The van der Waals surface area contributed by atoms with E-state index in [1.165, 1.54) is 12.4 Å². The Morgan fingerprint density at radius 1 is 1.36 bits per heavy atom. The minimum Gasteiger partial charge on any atom is -0.272 e. The number of nitrogens with zero attached hydrogens (tertiary/aromatic N) is 5. The number of aryl methyl sites for hydroxylation is 1. The van der Waals surface area contributed by atoms with Crippen LogP contribution in [0.25, 0.3) is 0 Å². The van der Waals surface area contributed by atoms with Gasteiger partial charge in [-0.05, 0) is 20.8 Å². The van der Waals surface area contributed by atoms with Gasteiger partial charge >= 0.3 is 0 Å². The van der Waals surface area contributed by atoms with Crippen LogP contribution < -0.4 is 5.43 Å². The van der Waals surface area contributed by atoms with Gasteiger partial charge in [-0.15, -0.1) is 0 Å². The summed E-state index contributed by atoms with van der Waals surface area (Å²) in [6.07, 6.45) is 4.35. The minimum absolute atomic E-state index is 0.322. The van der Waals surface area contributed by atoms with Crippen LogP contribution in [0.5, 0.6) is 0 Å². The van der Waals surface area contributed by atoms with Crippen LogP contribution >= 0.6 is 11.6 Å². The van der Waals surface area contributed by atoms with Crippen molar-refractivity contribution in [2.24, 2.45) is 5.10 Å². The summed E-state index contributed by atoms with van der Waals surface area (Å²) in [5.41, 5.74) is 4.51. The second kappa shape index (κ2) is 7.79. The monoisotopic (exact) mass is 386 g/mol. The Bertz CT molecular complexity index is 900. The zero-order valence-electron chi connectivity index (χ0n) is 14.1. The molecule has 0 aliphatic rings. The van der Waals surface area contributed by atoms with Crippen molar-refractivity contribution in [3.05, 3.63) is 34.9 Å². The van der Waals surface area contributed by atoms with Crippen LogP contribution in [0, 0.1) is 6.92 Å². The van der Waals surface area contributed by atoms with Crippen LogP contribution in [0.4, 0.5) is 0 Å². The summed E-state index contributed by atoms with van der Waals surface area (Å²) in [5, 5.41) is 12.3. The van der Waals surface area contributed by atoms with Crippen molar-refractivity contribution < 1.29 is 13.2 Å². The number of sulfone groups is 1. The van der Waals surface area contributed by atoms with Crippen LogP contribution in [0.3, 0.4) is 0 Å². The average Bonchev–Trinajstić information content (AvgIpc) is 3.09. The standard InChI is InChI=1S/C14H19ClN6O3S/c1-4-21-11(3)13(6-17-21)10(2)18-19-14(22)8-25(23,24)9-20-7-12(15)5-16-20/h5-7H,4,8-9H2,1-3H3,(H,19,22)/b18-10-. The highest BCUT2D eigenvalue weighted by molar-refractivity contribution is 7.91. The summed E-state index contributed by atoms with van der Waals surface area (Å²) in [5.74, 6) is -1.86. The van der Waals surface area contributed by atoms with E-state index >= 15 is 0 Å². The smallest absolute Gasteiger partial charge is 0.255 e. The zero-order valence-corrected chi connectivity index (χ0v) is 15.7. The maximum atomic E-state index is 12.0. The topological polar surface area (TPSA) is 111 Å². The number of aromatic nitrogens is 4. The number of hydrazone groups is 1. The lowest BCUT2D eigenvalue weighted by Gasteiger charge is -2.05. The van der Waals surface area contributed by atoms with Gasteiger partial charge in [0, 0.05) is 24.0 Å². The van der Waals surface area contributed by atoms with E-state index in [2.05, 4.69) is 20.7 Å². The molecule has 0 aliphatic heterocycles. The van der Waals surface area contributed by atoms with Crippen molar-refractivity contribution >= 4 is 33.1 Å². The Morgan fingerprint density at radius 3 is 2.64 bits per heavy atom. The van der Waals surface area contributed by atoms with Gasteiger partial charge in [0.15, 0.2) is 9.84 Å². The van der Waals surface area contributed by atoms with Gasteiger partial charge in [0.05, 0.1) is 23.1 Å². The van der Waals surface area contributed by atoms with Crippen LogP contribution in [0.1, 0.15) is 25.1 Å². The molecule has 9 nitrogen and oxygen atoms in total. The molecule has 2 aromatic heterocycles. The first-order chi connectivity index (χ1) is 11.7. The molecule has 0 saturated carbocycles. The summed E-state index contributed by atoms with van der Waals surface area (Å²) in [7, 11) is -3.70. The van der Waals surface area contributed by atoms with Crippen molar-refractivity contribution in [3.8, 4) is 0 Å². The Kier molecular flexibility index (Phi) is 5.96. The molecular formula is C14H19ClN6O3S. The molecule has 0 radical (unpaired) electrons. The lowest BCUT2D eigenvalue weighted by Crippen LogP contribution is -2.29. The highest BCUT2D eigenvalue weighted by Crippen LogP contribution is 2.08. The molecule has 0 atom stereocenters. The molecule has 1 amide bonds. The van der Waals surface area contributed by atoms with E-state index in [1.54, 1.807) is 17.8 Å². The summed E-state index contributed by atoms with van der Waals surface area (Å²) >= 11 is 5.68. The summed E-state index contributed by atoms with van der Waals surface area (Å²) in [4.78, 5) is 11.9. The molecule has 11 heteroatoms.